The maximum atomic E-state index is 13.3. The van der Waals surface area contributed by atoms with E-state index in [1.807, 2.05) is 37.3 Å². The number of phenolic OH excluding ortho intramolecular Hbond substituents is 1. The van der Waals surface area contributed by atoms with Crippen LogP contribution in [-0.4, -0.2) is 32.5 Å². The van der Waals surface area contributed by atoms with E-state index in [4.69, 9.17) is 0 Å². The Morgan fingerprint density at radius 1 is 1.18 bits per heavy atom. The van der Waals surface area contributed by atoms with Crippen molar-refractivity contribution in [2.24, 2.45) is 5.10 Å². The van der Waals surface area contributed by atoms with Crippen LogP contribution in [-0.2, 0) is 4.79 Å². The number of hydrogen-bond donors (Lipinski definition) is 2. The van der Waals surface area contributed by atoms with Gasteiger partial charge in [-0.25, -0.2) is 10.4 Å². The normalized spacial score (nSPS) is 11.2. The molecule has 166 valence electrons. The van der Waals surface area contributed by atoms with Crippen LogP contribution in [0.4, 0.5) is 0 Å². The number of aromatic hydroxyl groups is 1. The number of para-hydroxylation sites is 2. The van der Waals surface area contributed by atoms with E-state index in [9.17, 15) is 14.7 Å². The Labute approximate surface area is 202 Å². The van der Waals surface area contributed by atoms with E-state index < -0.39 is 0 Å². The van der Waals surface area contributed by atoms with Crippen LogP contribution in [0.15, 0.2) is 86.3 Å². The standard InChI is InChI=1S/C24H19BrN4O3S/c1-15-6-2-5-9-20(15)29-23(32)18-7-3-4-8-19(18)27-24(29)33-14-22(31)28-26-13-16-12-17(25)10-11-21(16)30/h2-13,30H,14H2,1H3,(H,28,31). The first-order valence-electron chi connectivity index (χ1n) is 9.95. The highest BCUT2D eigenvalue weighted by Gasteiger charge is 2.15. The summed E-state index contributed by atoms with van der Waals surface area (Å²) in [6.45, 7) is 1.92. The minimum Gasteiger partial charge on any atom is -0.507 e. The van der Waals surface area contributed by atoms with Gasteiger partial charge in [0.05, 0.1) is 28.6 Å². The lowest BCUT2D eigenvalue weighted by Crippen LogP contribution is -2.24. The second kappa shape index (κ2) is 10.0. The number of aryl methyl sites for hydroxylation is 1. The Balaban J connectivity index is 1.58. The number of amides is 1. The molecular weight excluding hydrogens is 504 g/mol. The van der Waals surface area contributed by atoms with Crippen LogP contribution in [0.25, 0.3) is 16.6 Å². The summed E-state index contributed by atoms with van der Waals surface area (Å²) >= 11 is 4.47. The lowest BCUT2D eigenvalue weighted by atomic mass is 10.2. The number of hydrazone groups is 1. The summed E-state index contributed by atoms with van der Waals surface area (Å²) in [5.41, 5.74) is 4.91. The van der Waals surface area contributed by atoms with Gasteiger partial charge >= 0.3 is 0 Å². The molecule has 0 saturated heterocycles. The van der Waals surface area contributed by atoms with Gasteiger partial charge in [0.1, 0.15) is 5.75 Å². The molecule has 7 nitrogen and oxygen atoms in total. The minimum absolute atomic E-state index is 0.00152. The number of phenols is 1. The molecule has 4 aromatic rings. The summed E-state index contributed by atoms with van der Waals surface area (Å²) < 4.78 is 2.32. The van der Waals surface area contributed by atoms with Crippen molar-refractivity contribution in [3.05, 3.63) is 92.7 Å². The summed E-state index contributed by atoms with van der Waals surface area (Å²) in [6, 6.07) is 19.6. The average molecular weight is 523 g/mol. The average Bonchev–Trinajstić information content (AvgIpc) is 2.81. The molecule has 1 amide bonds. The number of hydrogen-bond acceptors (Lipinski definition) is 6. The van der Waals surface area contributed by atoms with Crippen molar-refractivity contribution in [3.63, 3.8) is 0 Å². The molecule has 4 rings (SSSR count). The van der Waals surface area contributed by atoms with Gasteiger partial charge in [0.15, 0.2) is 5.16 Å². The number of carbonyl (C=O) groups excluding carboxylic acids is 1. The summed E-state index contributed by atoms with van der Waals surface area (Å²) in [4.78, 5) is 30.3. The molecule has 1 heterocycles. The molecule has 33 heavy (non-hydrogen) atoms. The molecule has 2 N–H and O–H groups in total. The van der Waals surface area contributed by atoms with Gasteiger partial charge in [-0.1, -0.05) is 58.0 Å². The van der Waals surface area contributed by atoms with E-state index in [0.717, 1.165) is 21.8 Å². The number of aromatic nitrogens is 2. The lowest BCUT2D eigenvalue weighted by molar-refractivity contribution is -0.118. The molecule has 0 atom stereocenters. The molecule has 0 aliphatic heterocycles. The monoisotopic (exact) mass is 522 g/mol. The number of carbonyl (C=O) groups is 1. The molecule has 0 radical (unpaired) electrons. The van der Waals surface area contributed by atoms with Crippen LogP contribution in [0, 0.1) is 6.92 Å². The molecule has 0 aliphatic rings. The van der Waals surface area contributed by atoms with E-state index in [0.29, 0.717) is 27.3 Å². The summed E-state index contributed by atoms with van der Waals surface area (Å²) in [5, 5.41) is 14.7. The number of halogens is 1. The van der Waals surface area contributed by atoms with Crippen LogP contribution in [0.5, 0.6) is 5.75 Å². The second-order valence-electron chi connectivity index (χ2n) is 7.12. The van der Waals surface area contributed by atoms with E-state index >= 15 is 0 Å². The Hall–Kier alpha value is -3.43. The number of rotatable bonds is 6. The van der Waals surface area contributed by atoms with E-state index in [2.05, 4.69) is 31.4 Å². The number of thioether (sulfide) groups is 1. The number of fused-ring (bicyclic) bond motifs is 1. The molecule has 1 aromatic heterocycles. The molecule has 0 bridgehead atoms. The second-order valence-corrected chi connectivity index (χ2v) is 8.98. The molecule has 9 heteroatoms. The minimum atomic E-state index is -0.371. The molecule has 0 aliphatic carbocycles. The van der Waals surface area contributed by atoms with Crippen LogP contribution >= 0.6 is 27.7 Å². The molecule has 3 aromatic carbocycles. The zero-order valence-corrected chi connectivity index (χ0v) is 19.9. The van der Waals surface area contributed by atoms with Crippen molar-refractivity contribution in [2.75, 3.05) is 5.75 Å². The SMILES string of the molecule is Cc1ccccc1-n1c(SCC(=O)NN=Cc2cc(Br)ccc2O)nc2ccccc2c1=O. The molecule has 0 fully saturated rings. The van der Waals surface area contributed by atoms with Gasteiger partial charge in [0.2, 0.25) is 0 Å². The van der Waals surface area contributed by atoms with Crippen LogP contribution in [0.3, 0.4) is 0 Å². The Morgan fingerprint density at radius 2 is 1.94 bits per heavy atom. The van der Waals surface area contributed by atoms with Crippen molar-refractivity contribution in [1.29, 1.82) is 0 Å². The van der Waals surface area contributed by atoms with Crippen LogP contribution < -0.4 is 11.0 Å². The van der Waals surface area contributed by atoms with Crippen molar-refractivity contribution < 1.29 is 9.90 Å². The smallest absolute Gasteiger partial charge is 0.266 e. The third kappa shape index (κ3) is 5.15. The summed E-state index contributed by atoms with van der Waals surface area (Å²) in [7, 11) is 0. The fourth-order valence-corrected chi connectivity index (χ4v) is 4.38. The first-order valence-corrected chi connectivity index (χ1v) is 11.7. The summed E-state index contributed by atoms with van der Waals surface area (Å²) in [5.74, 6) is -0.323. The zero-order chi connectivity index (χ0) is 23.4. The predicted molar refractivity (Wildman–Crippen MR) is 134 cm³/mol. The molecule has 0 unspecified atom stereocenters. The van der Waals surface area contributed by atoms with Gasteiger partial charge in [-0.3, -0.25) is 14.2 Å². The first kappa shape index (κ1) is 22.8. The topological polar surface area (TPSA) is 96.6 Å². The molecule has 0 saturated carbocycles. The summed E-state index contributed by atoms with van der Waals surface area (Å²) in [6.07, 6.45) is 1.36. The Bertz CT molecular complexity index is 1440. The third-order valence-corrected chi connectivity index (χ3v) is 6.25. The maximum Gasteiger partial charge on any atom is 0.266 e. The van der Waals surface area contributed by atoms with E-state index in [-0.39, 0.29) is 23.0 Å². The van der Waals surface area contributed by atoms with Crippen molar-refractivity contribution >= 4 is 50.7 Å². The number of nitrogens with zero attached hydrogens (tertiary/aromatic N) is 3. The lowest BCUT2D eigenvalue weighted by Gasteiger charge is -2.14. The van der Waals surface area contributed by atoms with Gasteiger partial charge < -0.3 is 5.11 Å². The maximum absolute atomic E-state index is 13.3. The highest BCUT2D eigenvalue weighted by Crippen LogP contribution is 2.23. The van der Waals surface area contributed by atoms with Crippen LogP contribution in [0.1, 0.15) is 11.1 Å². The van der Waals surface area contributed by atoms with E-state index in [1.54, 1.807) is 34.9 Å². The van der Waals surface area contributed by atoms with Crippen LogP contribution in [0.2, 0.25) is 0 Å². The first-order chi connectivity index (χ1) is 15.9. The largest absolute Gasteiger partial charge is 0.507 e. The third-order valence-electron chi connectivity index (χ3n) is 4.82. The highest BCUT2D eigenvalue weighted by molar-refractivity contribution is 9.10. The van der Waals surface area contributed by atoms with Gasteiger partial charge in [-0.15, -0.1) is 0 Å². The zero-order valence-electron chi connectivity index (χ0n) is 17.5. The molecule has 0 spiro atoms. The van der Waals surface area contributed by atoms with Gasteiger partial charge in [-0.2, -0.15) is 5.10 Å². The van der Waals surface area contributed by atoms with Crippen molar-refractivity contribution in [2.45, 2.75) is 12.1 Å². The fourth-order valence-electron chi connectivity index (χ4n) is 3.20. The fraction of sp³-hybridized carbons (Fsp3) is 0.0833. The Kier molecular flexibility index (Phi) is 6.90. The number of nitrogens with one attached hydrogen (secondary N) is 1. The highest BCUT2D eigenvalue weighted by atomic mass is 79.9. The van der Waals surface area contributed by atoms with Gasteiger partial charge in [0.25, 0.3) is 11.5 Å². The quantitative estimate of drug-likeness (QED) is 0.169. The van der Waals surface area contributed by atoms with Crippen molar-refractivity contribution in [3.8, 4) is 11.4 Å². The Morgan fingerprint density at radius 3 is 2.76 bits per heavy atom. The molecular formula is C24H19BrN4O3S. The van der Waals surface area contributed by atoms with E-state index in [1.165, 1.54) is 12.3 Å². The van der Waals surface area contributed by atoms with Gasteiger partial charge in [-0.05, 0) is 48.9 Å². The van der Waals surface area contributed by atoms with Crippen molar-refractivity contribution in [1.82, 2.24) is 15.0 Å². The van der Waals surface area contributed by atoms with Gasteiger partial charge in [0, 0.05) is 10.0 Å². The number of benzene rings is 3. The predicted octanol–water partition coefficient (Wildman–Crippen LogP) is 4.40.